The van der Waals surface area contributed by atoms with E-state index < -0.39 is 0 Å². The third-order valence-electron chi connectivity index (χ3n) is 2.67. The third-order valence-corrected chi connectivity index (χ3v) is 4.71. The molecule has 88 valence electrons. The van der Waals surface area contributed by atoms with Crippen molar-refractivity contribution in [3.8, 4) is 0 Å². The first-order valence-electron chi connectivity index (χ1n) is 5.23. The van der Waals surface area contributed by atoms with Crippen LogP contribution in [-0.2, 0) is 0 Å². The molecule has 0 spiro atoms. The molecule has 2 aromatic rings. The second-order valence-corrected chi connectivity index (χ2v) is 6.66. The number of hydrogen-bond acceptors (Lipinski definition) is 0. The number of hydrogen-bond donors (Lipinski definition) is 0. The van der Waals surface area contributed by atoms with Crippen LogP contribution in [0.2, 0.25) is 0 Å². The third kappa shape index (κ3) is 3.21. The van der Waals surface area contributed by atoms with Gasteiger partial charge in [0.25, 0.3) is 0 Å². The molecule has 0 heterocycles. The number of aryl methyl sites for hydroxylation is 1. The Bertz CT molecular complexity index is 517. The molecule has 0 nitrogen and oxygen atoms in total. The fourth-order valence-corrected chi connectivity index (χ4v) is 3.29. The normalized spacial score (nSPS) is 12.5. The molecule has 0 bridgehead atoms. The predicted octanol–water partition coefficient (Wildman–Crippen LogP) is 6.00. The van der Waals surface area contributed by atoms with E-state index in [4.69, 9.17) is 0 Å². The van der Waals surface area contributed by atoms with Crippen LogP contribution in [0, 0.1) is 6.92 Å². The smallest absolute Gasteiger partial charge is 0.0647 e. The monoisotopic (exact) mass is 416 g/mol. The lowest BCUT2D eigenvalue weighted by Crippen LogP contribution is -1.95. The van der Waals surface area contributed by atoms with Gasteiger partial charge in [-0.05, 0) is 47.9 Å². The summed E-state index contributed by atoms with van der Waals surface area (Å²) in [6.45, 7) is 2.13. The van der Waals surface area contributed by atoms with Gasteiger partial charge in [-0.2, -0.15) is 0 Å². The van der Waals surface area contributed by atoms with Crippen molar-refractivity contribution < 1.29 is 0 Å². The number of benzene rings is 2. The van der Waals surface area contributed by atoms with Gasteiger partial charge in [-0.1, -0.05) is 66.0 Å². The topological polar surface area (TPSA) is 0 Å². The molecule has 0 amide bonds. The molecular weight excluding hydrogens is 408 g/mol. The van der Waals surface area contributed by atoms with Crippen LogP contribution >= 0.6 is 47.8 Å². The summed E-state index contributed by atoms with van der Waals surface area (Å²) in [6.07, 6.45) is 0. The van der Waals surface area contributed by atoms with E-state index in [1.54, 1.807) is 0 Å². The largest absolute Gasteiger partial charge is 0.0786 e. The predicted molar refractivity (Wildman–Crippen MR) is 83.8 cm³/mol. The van der Waals surface area contributed by atoms with Crippen LogP contribution in [0.1, 0.15) is 21.5 Å². The zero-order chi connectivity index (χ0) is 12.4. The highest BCUT2D eigenvalue weighted by atomic mass is 79.9. The zero-order valence-corrected chi connectivity index (χ0v) is 14.0. The van der Waals surface area contributed by atoms with Gasteiger partial charge < -0.3 is 0 Å². The molecule has 0 aliphatic carbocycles. The number of halogens is 3. The fraction of sp³-hybridized carbons (Fsp3) is 0.143. The van der Waals surface area contributed by atoms with Crippen molar-refractivity contribution in [1.29, 1.82) is 0 Å². The van der Waals surface area contributed by atoms with Crippen LogP contribution in [0.25, 0.3) is 0 Å². The Kier molecular flexibility index (Phi) is 4.45. The van der Waals surface area contributed by atoms with E-state index in [-0.39, 0.29) is 4.83 Å². The summed E-state index contributed by atoms with van der Waals surface area (Å²) in [5.74, 6) is 0. The first-order valence-corrected chi connectivity index (χ1v) is 7.73. The molecule has 0 N–H and O–H groups in total. The van der Waals surface area contributed by atoms with Gasteiger partial charge in [-0.25, -0.2) is 0 Å². The summed E-state index contributed by atoms with van der Waals surface area (Å²) >= 11 is 10.7. The van der Waals surface area contributed by atoms with Gasteiger partial charge in [0.15, 0.2) is 0 Å². The van der Waals surface area contributed by atoms with Crippen LogP contribution in [0.15, 0.2) is 51.4 Å². The highest BCUT2D eigenvalue weighted by Crippen LogP contribution is 2.34. The summed E-state index contributed by atoms with van der Waals surface area (Å²) in [6, 6.07) is 14.8. The summed E-state index contributed by atoms with van der Waals surface area (Å²) in [4.78, 5) is 0.240. The lowest BCUT2D eigenvalue weighted by atomic mass is 10.0. The summed E-state index contributed by atoms with van der Waals surface area (Å²) in [5, 5.41) is 0. The van der Waals surface area contributed by atoms with Crippen molar-refractivity contribution in [2.75, 3.05) is 0 Å². The molecule has 1 unspecified atom stereocenters. The SMILES string of the molecule is Cc1cc(Br)ccc1C(Br)c1ccc(Br)cc1. The van der Waals surface area contributed by atoms with E-state index in [1.165, 1.54) is 16.7 Å². The Balaban J connectivity index is 2.36. The maximum absolute atomic E-state index is 3.76. The van der Waals surface area contributed by atoms with Gasteiger partial charge >= 0.3 is 0 Å². The molecule has 0 saturated heterocycles. The van der Waals surface area contributed by atoms with Crippen LogP contribution in [0.4, 0.5) is 0 Å². The molecule has 0 aliphatic heterocycles. The molecular formula is C14H11Br3. The molecule has 1 atom stereocenters. The molecule has 2 aromatic carbocycles. The maximum Gasteiger partial charge on any atom is 0.0647 e. The van der Waals surface area contributed by atoms with E-state index in [1.807, 2.05) is 0 Å². The minimum absolute atomic E-state index is 0.240. The highest BCUT2D eigenvalue weighted by molar-refractivity contribution is 9.10. The van der Waals surface area contributed by atoms with Crippen LogP contribution in [-0.4, -0.2) is 0 Å². The van der Waals surface area contributed by atoms with E-state index in [0.717, 1.165) is 8.95 Å². The van der Waals surface area contributed by atoms with E-state index >= 15 is 0 Å². The average molecular weight is 419 g/mol. The molecule has 17 heavy (non-hydrogen) atoms. The number of rotatable bonds is 2. The van der Waals surface area contributed by atoms with Crippen LogP contribution in [0.3, 0.4) is 0 Å². The minimum atomic E-state index is 0.240. The minimum Gasteiger partial charge on any atom is -0.0786 e. The zero-order valence-electron chi connectivity index (χ0n) is 9.25. The van der Waals surface area contributed by atoms with Crippen LogP contribution in [0.5, 0.6) is 0 Å². The molecule has 3 heteroatoms. The molecule has 0 aliphatic rings. The number of alkyl halides is 1. The molecule has 0 fully saturated rings. The Labute approximate surface area is 127 Å². The van der Waals surface area contributed by atoms with Crippen molar-refractivity contribution in [1.82, 2.24) is 0 Å². The molecule has 0 radical (unpaired) electrons. The first-order chi connectivity index (χ1) is 8.08. The van der Waals surface area contributed by atoms with Crippen molar-refractivity contribution in [3.63, 3.8) is 0 Å². The molecule has 2 rings (SSSR count). The lowest BCUT2D eigenvalue weighted by molar-refractivity contribution is 1.14. The molecule has 0 saturated carbocycles. The van der Waals surface area contributed by atoms with Crippen molar-refractivity contribution >= 4 is 47.8 Å². The lowest BCUT2D eigenvalue weighted by Gasteiger charge is -2.14. The van der Waals surface area contributed by atoms with Gasteiger partial charge in [0, 0.05) is 8.95 Å². The highest BCUT2D eigenvalue weighted by Gasteiger charge is 2.12. The van der Waals surface area contributed by atoms with E-state index in [9.17, 15) is 0 Å². The maximum atomic E-state index is 3.76. The van der Waals surface area contributed by atoms with Gasteiger partial charge in [0.2, 0.25) is 0 Å². The van der Waals surface area contributed by atoms with E-state index in [0.29, 0.717) is 0 Å². The fourth-order valence-electron chi connectivity index (χ4n) is 1.73. The summed E-state index contributed by atoms with van der Waals surface area (Å²) in [7, 11) is 0. The van der Waals surface area contributed by atoms with Gasteiger partial charge in [0.1, 0.15) is 0 Å². The van der Waals surface area contributed by atoms with Gasteiger partial charge in [0.05, 0.1) is 4.83 Å². The van der Waals surface area contributed by atoms with Gasteiger partial charge in [-0.3, -0.25) is 0 Å². The van der Waals surface area contributed by atoms with Crippen LogP contribution < -0.4 is 0 Å². The van der Waals surface area contributed by atoms with Crippen molar-refractivity contribution in [2.45, 2.75) is 11.8 Å². The summed E-state index contributed by atoms with van der Waals surface area (Å²) < 4.78 is 2.22. The Morgan fingerprint density at radius 3 is 2.06 bits per heavy atom. The standard InChI is InChI=1S/C14H11Br3/c1-9-8-12(16)6-7-13(9)14(17)10-2-4-11(15)5-3-10/h2-8,14H,1H3. The summed E-state index contributed by atoms with van der Waals surface area (Å²) in [5.41, 5.74) is 3.85. The Hall–Kier alpha value is -0.120. The van der Waals surface area contributed by atoms with Gasteiger partial charge in [-0.15, -0.1) is 0 Å². The first kappa shape index (κ1) is 13.3. The average Bonchev–Trinajstić information content (AvgIpc) is 2.29. The Morgan fingerprint density at radius 1 is 0.882 bits per heavy atom. The van der Waals surface area contributed by atoms with E-state index in [2.05, 4.69) is 97.2 Å². The second-order valence-electron chi connectivity index (χ2n) is 3.92. The quantitative estimate of drug-likeness (QED) is 0.524. The van der Waals surface area contributed by atoms with Crippen molar-refractivity contribution in [3.05, 3.63) is 68.1 Å². The van der Waals surface area contributed by atoms with Crippen molar-refractivity contribution in [2.24, 2.45) is 0 Å². The second kappa shape index (κ2) is 5.68. The molecule has 0 aromatic heterocycles. The Morgan fingerprint density at radius 2 is 1.47 bits per heavy atom.